The van der Waals surface area contributed by atoms with Gasteiger partial charge in [0.05, 0.1) is 7.11 Å². The number of carbonyl (C=O) groups excluding carboxylic acids is 1. The summed E-state index contributed by atoms with van der Waals surface area (Å²) < 4.78 is 10.8. The molecule has 0 spiro atoms. The van der Waals surface area contributed by atoms with Crippen LogP contribution in [0.2, 0.25) is 0 Å². The van der Waals surface area contributed by atoms with Crippen LogP contribution in [0, 0.1) is 5.92 Å². The fourth-order valence-corrected chi connectivity index (χ4v) is 2.97. The number of nitrogens with zero attached hydrogens (tertiary/aromatic N) is 1. The number of benzene rings is 2. The minimum absolute atomic E-state index is 0.0269. The molecule has 4 heteroatoms. The normalized spacial score (nSPS) is 14.6. The Labute approximate surface area is 149 Å². The summed E-state index contributed by atoms with van der Waals surface area (Å²) in [6.07, 6.45) is 2.41. The van der Waals surface area contributed by atoms with E-state index >= 15 is 0 Å². The van der Waals surface area contributed by atoms with Crippen molar-refractivity contribution in [2.45, 2.75) is 32.4 Å². The van der Waals surface area contributed by atoms with E-state index in [0.29, 0.717) is 18.2 Å². The molecule has 2 aromatic carbocycles. The van der Waals surface area contributed by atoms with Gasteiger partial charge in [-0.15, -0.1) is 0 Å². The lowest BCUT2D eigenvalue weighted by Gasteiger charge is -2.29. The molecule has 1 saturated carbocycles. The van der Waals surface area contributed by atoms with Gasteiger partial charge in [-0.3, -0.25) is 4.79 Å². The number of amides is 1. The molecule has 1 fully saturated rings. The largest absolute Gasteiger partial charge is 0.497 e. The molecule has 1 unspecified atom stereocenters. The minimum atomic E-state index is 0.0269. The van der Waals surface area contributed by atoms with E-state index in [1.807, 2.05) is 47.4 Å². The number of carbonyl (C=O) groups is 1. The summed E-state index contributed by atoms with van der Waals surface area (Å²) in [5.41, 5.74) is 1.15. The first kappa shape index (κ1) is 17.3. The molecule has 0 N–H and O–H groups in total. The topological polar surface area (TPSA) is 38.8 Å². The lowest BCUT2D eigenvalue weighted by Crippen LogP contribution is -2.42. The Kier molecular flexibility index (Phi) is 5.59. The van der Waals surface area contributed by atoms with Crippen LogP contribution in [-0.2, 0) is 11.3 Å². The smallest absolute Gasteiger partial charge is 0.261 e. The van der Waals surface area contributed by atoms with Crippen molar-refractivity contribution in [3.05, 3.63) is 60.2 Å². The van der Waals surface area contributed by atoms with Gasteiger partial charge < -0.3 is 14.4 Å². The monoisotopic (exact) mass is 339 g/mol. The Hall–Kier alpha value is -2.49. The van der Waals surface area contributed by atoms with Gasteiger partial charge in [-0.05, 0) is 55.5 Å². The molecule has 4 nitrogen and oxygen atoms in total. The predicted octanol–water partition coefficient (Wildman–Crippen LogP) is 3.90. The van der Waals surface area contributed by atoms with E-state index in [1.54, 1.807) is 7.11 Å². The van der Waals surface area contributed by atoms with Crippen molar-refractivity contribution in [1.29, 1.82) is 0 Å². The summed E-state index contributed by atoms with van der Waals surface area (Å²) in [5.74, 6) is 2.09. The maximum atomic E-state index is 12.8. The summed E-state index contributed by atoms with van der Waals surface area (Å²) in [4.78, 5) is 14.7. The molecule has 1 aliphatic rings. The molecule has 1 amide bonds. The fourth-order valence-electron chi connectivity index (χ4n) is 2.97. The van der Waals surface area contributed by atoms with Gasteiger partial charge in [0, 0.05) is 12.6 Å². The van der Waals surface area contributed by atoms with Crippen LogP contribution < -0.4 is 9.47 Å². The van der Waals surface area contributed by atoms with Gasteiger partial charge in [0.25, 0.3) is 5.91 Å². The van der Waals surface area contributed by atoms with Crippen molar-refractivity contribution in [2.24, 2.45) is 5.92 Å². The third kappa shape index (κ3) is 4.75. The highest BCUT2D eigenvalue weighted by Gasteiger charge is 2.34. The van der Waals surface area contributed by atoms with Crippen molar-refractivity contribution < 1.29 is 14.3 Å². The third-order valence-corrected chi connectivity index (χ3v) is 4.73. The van der Waals surface area contributed by atoms with Gasteiger partial charge in [-0.2, -0.15) is 0 Å². The van der Waals surface area contributed by atoms with E-state index in [1.165, 1.54) is 12.8 Å². The Morgan fingerprint density at radius 1 is 1.08 bits per heavy atom. The molecule has 2 aromatic rings. The van der Waals surface area contributed by atoms with Crippen molar-refractivity contribution >= 4 is 5.91 Å². The molecule has 0 bridgehead atoms. The molecular weight excluding hydrogens is 314 g/mol. The van der Waals surface area contributed by atoms with E-state index in [2.05, 4.69) is 19.1 Å². The molecule has 25 heavy (non-hydrogen) atoms. The van der Waals surface area contributed by atoms with E-state index in [9.17, 15) is 4.79 Å². The highest BCUT2D eigenvalue weighted by atomic mass is 16.5. The zero-order chi connectivity index (χ0) is 17.6. The Bertz CT molecular complexity index is 680. The molecule has 132 valence electrons. The van der Waals surface area contributed by atoms with Crippen LogP contribution >= 0.6 is 0 Å². The maximum absolute atomic E-state index is 12.8. The van der Waals surface area contributed by atoms with Crippen molar-refractivity contribution in [3.63, 3.8) is 0 Å². The highest BCUT2D eigenvalue weighted by Crippen LogP contribution is 2.35. The Balaban J connectivity index is 1.63. The van der Waals surface area contributed by atoms with E-state index in [-0.39, 0.29) is 18.6 Å². The van der Waals surface area contributed by atoms with E-state index in [0.717, 1.165) is 11.3 Å². The second-order valence-corrected chi connectivity index (χ2v) is 6.55. The molecule has 0 aromatic heterocycles. The number of hydrogen-bond donors (Lipinski definition) is 0. The molecule has 0 heterocycles. The van der Waals surface area contributed by atoms with Crippen molar-refractivity contribution in [1.82, 2.24) is 4.90 Å². The van der Waals surface area contributed by atoms with Crippen LogP contribution in [0.1, 0.15) is 25.3 Å². The van der Waals surface area contributed by atoms with Gasteiger partial charge in [0.15, 0.2) is 6.61 Å². The van der Waals surface area contributed by atoms with Crippen molar-refractivity contribution in [2.75, 3.05) is 13.7 Å². The van der Waals surface area contributed by atoms with Crippen LogP contribution in [-0.4, -0.2) is 30.6 Å². The number of rotatable bonds is 8. The average Bonchev–Trinajstić information content (AvgIpc) is 3.50. The van der Waals surface area contributed by atoms with Gasteiger partial charge in [0.1, 0.15) is 11.5 Å². The first-order valence-electron chi connectivity index (χ1n) is 8.77. The fraction of sp³-hybridized carbons (Fsp3) is 0.381. The SMILES string of the molecule is COc1ccc(OCC(=O)N(Cc2ccccc2)C(C)C2CC2)cc1. The van der Waals surface area contributed by atoms with Crippen LogP contribution in [0.15, 0.2) is 54.6 Å². The van der Waals surface area contributed by atoms with Crippen molar-refractivity contribution in [3.8, 4) is 11.5 Å². The lowest BCUT2D eigenvalue weighted by molar-refractivity contribution is -0.136. The highest BCUT2D eigenvalue weighted by molar-refractivity contribution is 5.78. The zero-order valence-corrected chi connectivity index (χ0v) is 14.9. The third-order valence-electron chi connectivity index (χ3n) is 4.73. The maximum Gasteiger partial charge on any atom is 0.261 e. The average molecular weight is 339 g/mol. The molecule has 0 saturated heterocycles. The van der Waals surface area contributed by atoms with Crippen LogP contribution in [0.5, 0.6) is 11.5 Å². The van der Waals surface area contributed by atoms with Gasteiger partial charge >= 0.3 is 0 Å². The summed E-state index contributed by atoms with van der Waals surface area (Å²) in [5, 5.41) is 0. The Morgan fingerprint density at radius 3 is 2.32 bits per heavy atom. The Morgan fingerprint density at radius 2 is 1.72 bits per heavy atom. The van der Waals surface area contributed by atoms with Crippen LogP contribution in [0.3, 0.4) is 0 Å². The molecule has 0 radical (unpaired) electrons. The van der Waals surface area contributed by atoms with E-state index < -0.39 is 0 Å². The first-order chi connectivity index (χ1) is 12.2. The second kappa shape index (κ2) is 8.06. The molecule has 1 aliphatic carbocycles. The minimum Gasteiger partial charge on any atom is -0.497 e. The molecule has 3 rings (SSSR count). The van der Waals surface area contributed by atoms with Crippen LogP contribution in [0.25, 0.3) is 0 Å². The summed E-state index contributed by atoms with van der Waals surface area (Å²) >= 11 is 0. The lowest BCUT2D eigenvalue weighted by atomic mass is 10.1. The molecule has 0 aliphatic heterocycles. The van der Waals surface area contributed by atoms with Gasteiger partial charge in [-0.25, -0.2) is 0 Å². The number of hydrogen-bond acceptors (Lipinski definition) is 3. The zero-order valence-electron chi connectivity index (χ0n) is 14.9. The van der Waals surface area contributed by atoms with E-state index in [4.69, 9.17) is 9.47 Å². The number of ether oxygens (including phenoxy) is 2. The van der Waals surface area contributed by atoms with Crippen LogP contribution in [0.4, 0.5) is 0 Å². The second-order valence-electron chi connectivity index (χ2n) is 6.55. The first-order valence-corrected chi connectivity index (χ1v) is 8.77. The summed E-state index contributed by atoms with van der Waals surface area (Å²) in [6.45, 7) is 2.82. The van der Waals surface area contributed by atoms with Gasteiger partial charge in [0.2, 0.25) is 0 Å². The molecular formula is C21H25NO3. The molecule has 1 atom stereocenters. The summed E-state index contributed by atoms with van der Waals surface area (Å²) in [7, 11) is 1.63. The standard InChI is InChI=1S/C21H25NO3/c1-16(18-8-9-18)22(14-17-6-4-3-5-7-17)21(23)15-25-20-12-10-19(24-2)11-13-20/h3-7,10-13,16,18H,8-9,14-15H2,1-2H3. The number of methoxy groups -OCH3 is 1. The summed E-state index contributed by atoms with van der Waals surface area (Å²) in [6, 6.07) is 17.7. The quantitative estimate of drug-likeness (QED) is 0.732. The predicted molar refractivity (Wildman–Crippen MR) is 97.7 cm³/mol. The van der Waals surface area contributed by atoms with Gasteiger partial charge in [-0.1, -0.05) is 30.3 Å².